The van der Waals surface area contributed by atoms with Gasteiger partial charge < -0.3 is 19.5 Å². The van der Waals surface area contributed by atoms with Crippen LogP contribution in [0.15, 0.2) is 18.2 Å². The lowest BCUT2D eigenvalue weighted by atomic mass is 10.1. The first-order valence-electron chi connectivity index (χ1n) is 8.28. The lowest BCUT2D eigenvalue weighted by molar-refractivity contribution is -0.140. The first-order chi connectivity index (χ1) is 11.6. The average Bonchev–Trinajstić information content (AvgIpc) is 2.60. The monoisotopic (exact) mass is 337 g/mol. The highest BCUT2D eigenvalue weighted by molar-refractivity contribution is 5.94. The number of methoxy groups -OCH3 is 2. The van der Waals surface area contributed by atoms with Crippen molar-refractivity contribution in [1.82, 2.24) is 5.32 Å². The zero-order chi connectivity index (χ0) is 17.8. The van der Waals surface area contributed by atoms with Crippen molar-refractivity contribution < 1.29 is 23.8 Å². The predicted molar refractivity (Wildman–Crippen MR) is 91.6 cm³/mol. The molecule has 0 radical (unpaired) electrons. The van der Waals surface area contributed by atoms with Gasteiger partial charge in [0.1, 0.15) is 0 Å². The maximum Gasteiger partial charge on any atom is 0.305 e. The lowest BCUT2D eigenvalue weighted by Crippen LogP contribution is -2.24. The molecule has 1 rings (SSSR count). The number of amides is 1. The highest BCUT2D eigenvalue weighted by atomic mass is 16.5. The van der Waals surface area contributed by atoms with Crippen LogP contribution in [0, 0.1) is 0 Å². The third-order valence-electron chi connectivity index (χ3n) is 3.55. The van der Waals surface area contributed by atoms with Gasteiger partial charge in [-0.2, -0.15) is 0 Å². The molecule has 0 bridgehead atoms. The van der Waals surface area contributed by atoms with Crippen molar-refractivity contribution in [2.24, 2.45) is 0 Å². The van der Waals surface area contributed by atoms with Crippen molar-refractivity contribution in [3.8, 4) is 11.5 Å². The Labute approximate surface area is 143 Å². The van der Waals surface area contributed by atoms with E-state index >= 15 is 0 Å². The summed E-state index contributed by atoms with van der Waals surface area (Å²) in [6.45, 7) is 3.04. The molecule has 1 amide bonds. The van der Waals surface area contributed by atoms with Crippen LogP contribution in [0.2, 0.25) is 0 Å². The second-order valence-corrected chi connectivity index (χ2v) is 5.29. The summed E-state index contributed by atoms with van der Waals surface area (Å²) in [5, 5.41) is 2.89. The van der Waals surface area contributed by atoms with Crippen LogP contribution in [-0.4, -0.2) is 39.2 Å². The first kappa shape index (κ1) is 19.8. The largest absolute Gasteiger partial charge is 0.493 e. The molecular weight excluding hydrogens is 310 g/mol. The number of hydrogen-bond acceptors (Lipinski definition) is 5. The van der Waals surface area contributed by atoms with Crippen LogP contribution in [-0.2, 0) is 9.53 Å². The van der Waals surface area contributed by atoms with E-state index in [0.717, 1.165) is 25.7 Å². The third-order valence-corrected chi connectivity index (χ3v) is 3.55. The molecule has 0 spiro atoms. The van der Waals surface area contributed by atoms with Gasteiger partial charge in [0.05, 0.1) is 20.8 Å². The molecule has 1 aromatic rings. The van der Waals surface area contributed by atoms with Crippen LogP contribution in [0.1, 0.15) is 49.4 Å². The molecule has 0 unspecified atom stereocenters. The third kappa shape index (κ3) is 6.89. The molecule has 0 aromatic heterocycles. The SMILES string of the molecule is CCOc1ccc(C(=O)NCCCCCCC(=O)OC)cc1OC. The number of esters is 1. The maximum absolute atomic E-state index is 12.1. The van der Waals surface area contributed by atoms with Crippen molar-refractivity contribution in [2.45, 2.75) is 39.0 Å². The van der Waals surface area contributed by atoms with Crippen molar-refractivity contribution in [1.29, 1.82) is 0 Å². The van der Waals surface area contributed by atoms with Crippen LogP contribution in [0.5, 0.6) is 11.5 Å². The molecule has 0 saturated heterocycles. The first-order valence-corrected chi connectivity index (χ1v) is 8.28. The second-order valence-electron chi connectivity index (χ2n) is 5.29. The molecule has 24 heavy (non-hydrogen) atoms. The molecule has 1 aromatic carbocycles. The van der Waals surface area contributed by atoms with Crippen LogP contribution in [0.4, 0.5) is 0 Å². The van der Waals surface area contributed by atoms with Gasteiger partial charge in [-0.05, 0) is 38.0 Å². The molecule has 0 aliphatic carbocycles. The topological polar surface area (TPSA) is 73.9 Å². The summed E-state index contributed by atoms with van der Waals surface area (Å²) >= 11 is 0. The van der Waals surface area contributed by atoms with Crippen LogP contribution >= 0.6 is 0 Å². The number of hydrogen-bond donors (Lipinski definition) is 1. The van der Waals surface area contributed by atoms with E-state index in [1.165, 1.54) is 7.11 Å². The summed E-state index contributed by atoms with van der Waals surface area (Å²) in [6, 6.07) is 5.14. The molecule has 0 saturated carbocycles. The van der Waals surface area contributed by atoms with Crippen molar-refractivity contribution in [3.63, 3.8) is 0 Å². The van der Waals surface area contributed by atoms with Gasteiger partial charge in [0.2, 0.25) is 0 Å². The van der Waals surface area contributed by atoms with Crippen LogP contribution < -0.4 is 14.8 Å². The van der Waals surface area contributed by atoms with E-state index in [-0.39, 0.29) is 11.9 Å². The fourth-order valence-corrected chi connectivity index (χ4v) is 2.24. The van der Waals surface area contributed by atoms with E-state index in [0.29, 0.717) is 36.6 Å². The van der Waals surface area contributed by atoms with Gasteiger partial charge >= 0.3 is 5.97 Å². The predicted octanol–water partition coefficient (Wildman–Crippen LogP) is 2.95. The van der Waals surface area contributed by atoms with E-state index in [1.54, 1.807) is 25.3 Å². The molecule has 0 aliphatic heterocycles. The minimum absolute atomic E-state index is 0.133. The summed E-state index contributed by atoms with van der Waals surface area (Å²) in [5.74, 6) is 0.869. The van der Waals surface area contributed by atoms with Gasteiger partial charge in [0.25, 0.3) is 5.91 Å². The Bertz CT molecular complexity index is 530. The number of nitrogens with one attached hydrogen (secondary N) is 1. The molecule has 0 aliphatic rings. The fraction of sp³-hybridized carbons (Fsp3) is 0.556. The normalized spacial score (nSPS) is 10.1. The van der Waals surface area contributed by atoms with Crippen molar-refractivity contribution >= 4 is 11.9 Å². The molecule has 0 atom stereocenters. The Kier molecular flexibility index (Phi) is 9.34. The summed E-state index contributed by atoms with van der Waals surface area (Å²) < 4.78 is 15.3. The standard InChI is InChI=1S/C18H27NO5/c1-4-24-15-11-10-14(13-16(15)22-2)18(21)19-12-8-6-5-7-9-17(20)23-3/h10-11,13H,4-9,12H2,1-3H3,(H,19,21). The average molecular weight is 337 g/mol. The Morgan fingerprint density at radius 2 is 1.79 bits per heavy atom. The van der Waals surface area contributed by atoms with Gasteiger partial charge in [0, 0.05) is 18.5 Å². The zero-order valence-corrected chi connectivity index (χ0v) is 14.7. The molecule has 0 fully saturated rings. The zero-order valence-electron chi connectivity index (χ0n) is 14.7. The highest BCUT2D eigenvalue weighted by Gasteiger charge is 2.10. The van der Waals surface area contributed by atoms with Gasteiger partial charge in [0.15, 0.2) is 11.5 Å². The molecule has 0 heterocycles. The van der Waals surface area contributed by atoms with Gasteiger partial charge in [-0.15, -0.1) is 0 Å². The van der Waals surface area contributed by atoms with E-state index in [9.17, 15) is 9.59 Å². The lowest BCUT2D eigenvalue weighted by Gasteiger charge is -2.11. The summed E-state index contributed by atoms with van der Waals surface area (Å²) in [5.41, 5.74) is 0.543. The molecule has 134 valence electrons. The second kappa shape index (κ2) is 11.3. The Morgan fingerprint density at radius 1 is 1.04 bits per heavy atom. The number of rotatable bonds is 11. The number of carbonyl (C=O) groups is 2. The highest BCUT2D eigenvalue weighted by Crippen LogP contribution is 2.27. The van der Waals surface area contributed by atoms with Crippen LogP contribution in [0.3, 0.4) is 0 Å². The Balaban J connectivity index is 2.31. The Hall–Kier alpha value is -2.24. The molecule has 1 N–H and O–H groups in total. The summed E-state index contributed by atoms with van der Waals surface area (Å²) in [6.07, 6.45) is 4.05. The van der Waals surface area contributed by atoms with Crippen LogP contribution in [0.25, 0.3) is 0 Å². The minimum atomic E-state index is -0.173. The summed E-state index contributed by atoms with van der Waals surface area (Å²) in [7, 11) is 2.95. The molecular formula is C18H27NO5. The number of ether oxygens (including phenoxy) is 3. The summed E-state index contributed by atoms with van der Waals surface area (Å²) in [4.78, 5) is 23.1. The van der Waals surface area contributed by atoms with E-state index < -0.39 is 0 Å². The van der Waals surface area contributed by atoms with Gasteiger partial charge in [-0.25, -0.2) is 0 Å². The van der Waals surface area contributed by atoms with Gasteiger partial charge in [-0.3, -0.25) is 9.59 Å². The number of unbranched alkanes of at least 4 members (excludes halogenated alkanes) is 3. The minimum Gasteiger partial charge on any atom is -0.493 e. The van der Waals surface area contributed by atoms with Crippen molar-refractivity contribution in [3.05, 3.63) is 23.8 Å². The van der Waals surface area contributed by atoms with E-state index in [4.69, 9.17) is 9.47 Å². The quantitative estimate of drug-likeness (QED) is 0.496. The molecule has 6 heteroatoms. The van der Waals surface area contributed by atoms with E-state index in [2.05, 4.69) is 10.1 Å². The maximum atomic E-state index is 12.1. The fourth-order valence-electron chi connectivity index (χ4n) is 2.24. The van der Waals surface area contributed by atoms with E-state index in [1.807, 2.05) is 6.92 Å². The van der Waals surface area contributed by atoms with Gasteiger partial charge in [-0.1, -0.05) is 12.8 Å². The number of benzene rings is 1. The smallest absolute Gasteiger partial charge is 0.305 e. The Morgan fingerprint density at radius 3 is 2.46 bits per heavy atom. The molecule has 6 nitrogen and oxygen atoms in total. The van der Waals surface area contributed by atoms with Crippen molar-refractivity contribution in [2.75, 3.05) is 27.4 Å². The number of carbonyl (C=O) groups excluding carboxylic acids is 2.